The average Bonchev–Trinajstić information content (AvgIpc) is 2.45. The summed E-state index contributed by atoms with van der Waals surface area (Å²) in [5.41, 5.74) is 6.47. The Morgan fingerprint density at radius 1 is 1.43 bits per heavy atom. The lowest BCUT2D eigenvalue weighted by molar-refractivity contribution is 0.0501. The van der Waals surface area contributed by atoms with Crippen LogP contribution in [0.5, 0.6) is 0 Å². The molecular weight excluding hydrogens is 180 g/mol. The maximum absolute atomic E-state index is 9.67. The summed E-state index contributed by atoms with van der Waals surface area (Å²) < 4.78 is 5.37. The maximum atomic E-state index is 9.67. The minimum Gasteiger partial charge on any atom is -0.438 e. The molecule has 0 saturated carbocycles. The molecular formula is C10H12N2O2. The van der Waals surface area contributed by atoms with E-state index in [9.17, 15) is 5.11 Å². The van der Waals surface area contributed by atoms with Gasteiger partial charge in [-0.3, -0.25) is 0 Å². The van der Waals surface area contributed by atoms with Gasteiger partial charge in [-0.25, -0.2) is 4.98 Å². The van der Waals surface area contributed by atoms with E-state index in [1.807, 2.05) is 0 Å². The summed E-state index contributed by atoms with van der Waals surface area (Å²) in [5.74, 6) is 0.304. The molecule has 2 rings (SSSR count). The number of hydrogen-bond acceptors (Lipinski definition) is 4. The van der Waals surface area contributed by atoms with Crippen molar-refractivity contribution in [2.24, 2.45) is 0 Å². The smallest absolute Gasteiger partial charge is 0.226 e. The van der Waals surface area contributed by atoms with Crippen LogP contribution in [0.2, 0.25) is 0 Å². The molecule has 0 amide bonds. The van der Waals surface area contributed by atoms with Gasteiger partial charge in [0.15, 0.2) is 5.58 Å². The number of nitrogen functional groups attached to an aromatic ring is 1. The third kappa shape index (κ3) is 1.44. The average molecular weight is 192 g/mol. The zero-order valence-corrected chi connectivity index (χ0v) is 8.11. The van der Waals surface area contributed by atoms with Gasteiger partial charge in [-0.2, -0.15) is 0 Å². The van der Waals surface area contributed by atoms with Gasteiger partial charge in [0, 0.05) is 5.69 Å². The SMILES string of the molecule is CC(C)(O)c1nc2cc(N)ccc2o1. The van der Waals surface area contributed by atoms with E-state index in [0.717, 1.165) is 0 Å². The van der Waals surface area contributed by atoms with Crippen LogP contribution < -0.4 is 5.73 Å². The summed E-state index contributed by atoms with van der Waals surface area (Å²) in [4.78, 5) is 4.15. The van der Waals surface area contributed by atoms with Crippen LogP contribution in [-0.2, 0) is 5.60 Å². The molecule has 1 aromatic carbocycles. The Hall–Kier alpha value is -1.55. The molecule has 0 fully saturated rings. The van der Waals surface area contributed by atoms with Gasteiger partial charge >= 0.3 is 0 Å². The van der Waals surface area contributed by atoms with E-state index in [-0.39, 0.29) is 0 Å². The molecule has 1 aromatic heterocycles. The lowest BCUT2D eigenvalue weighted by atomic mass is 10.1. The number of hydrogen-bond donors (Lipinski definition) is 2. The van der Waals surface area contributed by atoms with Gasteiger partial charge in [-0.05, 0) is 32.0 Å². The van der Waals surface area contributed by atoms with Crippen LogP contribution in [0.25, 0.3) is 11.1 Å². The fraction of sp³-hybridized carbons (Fsp3) is 0.300. The summed E-state index contributed by atoms with van der Waals surface area (Å²) in [5, 5.41) is 9.67. The number of fused-ring (bicyclic) bond motifs is 1. The number of rotatable bonds is 1. The number of benzene rings is 1. The van der Waals surface area contributed by atoms with Crippen LogP contribution in [0.4, 0.5) is 5.69 Å². The molecule has 0 spiro atoms. The van der Waals surface area contributed by atoms with Gasteiger partial charge in [0.25, 0.3) is 0 Å². The van der Waals surface area contributed by atoms with Crippen molar-refractivity contribution in [2.45, 2.75) is 19.4 Å². The Morgan fingerprint density at radius 2 is 2.14 bits per heavy atom. The van der Waals surface area contributed by atoms with Crippen LogP contribution in [0, 0.1) is 0 Å². The van der Waals surface area contributed by atoms with E-state index in [1.54, 1.807) is 32.0 Å². The molecule has 0 aliphatic rings. The van der Waals surface area contributed by atoms with Crippen LogP contribution >= 0.6 is 0 Å². The van der Waals surface area contributed by atoms with Crippen molar-refractivity contribution in [3.05, 3.63) is 24.1 Å². The van der Waals surface area contributed by atoms with Crippen LogP contribution in [0.3, 0.4) is 0 Å². The van der Waals surface area contributed by atoms with Gasteiger partial charge in [-0.1, -0.05) is 0 Å². The Labute approximate surface area is 81.4 Å². The van der Waals surface area contributed by atoms with Gasteiger partial charge in [0.2, 0.25) is 5.89 Å². The highest BCUT2D eigenvalue weighted by molar-refractivity contribution is 5.76. The third-order valence-electron chi connectivity index (χ3n) is 1.93. The normalized spacial score (nSPS) is 12.2. The molecule has 0 saturated heterocycles. The molecule has 74 valence electrons. The molecule has 1 heterocycles. The second-order valence-electron chi connectivity index (χ2n) is 3.81. The van der Waals surface area contributed by atoms with E-state index in [4.69, 9.17) is 10.2 Å². The summed E-state index contributed by atoms with van der Waals surface area (Å²) in [6.45, 7) is 3.25. The van der Waals surface area contributed by atoms with Crippen molar-refractivity contribution < 1.29 is 9.52 Å². The highest BCUT2D eigenvalue weighted by Crippen LogP contribution is 2.24. The highest BCUT2D eigenvalue weighted by atomic mass is 16.4. The zero-order chi connectivity index (χ0) is 10.3. The fourth-order valence-electron chi connectivity index (χ4n) is 1.21. The molecule has 0 unspecified atom stereocenters. The maximum Gasteiger partial charge on any atom is 0.226 e. The molecule has 0 aliphatic carbocycles. The first-order valence-electron chi connectivity index (χ1n) is 4.36. The summed E-state index contributed by atoms with van der Waals surface area (Å²) in [6, 6.07) is 5.20. The van der Waals surface area contributed by atoms with Crippen molar-refractivity contribution >= 4 is 16.8 Å². The number of oxazole rings is 1. The van der Waals surface area contributed by atoms with Gasteiger partial charge in [-0.15, -0.1) is 0 Å². The lowest BCUT2D eigenvalue weighted by Crippen LogP contribution is -2.15. The van der Waals surface area contributed by atoms with E-state index in [0.29, 0.717) is 22.7 Å². The van der Waals surface area contributed by atoms with E-state index < -0.39 is 5.60 Å². The first-order valence-corrected chi connectivity index (χ1v) is 4.36. The first-order chi connectivity index (χ1) is 6.47. The molecule has 14 heavy (non-hydrogen) atoms. The number of aliphatic hydroxyl groups is 1. The van der Waals surface area contributed by atoms with Crippen molar-refractivity contribution in [1.29, 1.82) is 0 Å². The fourth-order valence-corrected chi connectivity index (χ4v) is 1.21. The molecule has 0 radical (unpaired) electrons. The van der Waals surface area contributed by atoms with Crippen molar-refractivity contribution in [1.82, 2.24) is 4.98 Å². The first kappa shape index (κ1) is 9.02. The van der Waals surface area contributed by atoms with Gasteiger partial charge in [0.05, 0.1) is 0 Å². The third-order valence-corrected chi connectivity index (χ3v) is 1.93. The number of nitrogens with zero attached hydrogens (tertiary/aromatic N) is 1. The zero-order valence-electron chi connectivity index (χ0n) is 8.11. The molecule has 3 N–H and O–H groups in total. The van der Waals surface area contributed by atoms with Crippen LogP contribution in [0.15, 0.2) is 22.6 Å². The Balaban J connectivity index is 2.63. The molecule has 0 atom stereocenters. The molecule has 0 bridgehead atoms. The number of aromatic nitrogens is 1. The molecule has 4 heteroatoms. The number of nitrogens with two attached hydrogens (primary N) is 1. The minimum atomic E-state index is -1.06. The summed E-state index contributed by atoms with van der Waals surface area (Å²) >= 11 is 0. The van der Waals surface area contributed by atoms with Crippen molar-refractivity contribution in [3.63, 3.8) is 0 Å². The summed E-state index contributed by atoms with van der Waals surface area (Å²) in [6.07, 6.45) is 0. The van der Waals surface area contributed by atoms with E-state index in [1.165, 1.54) is 0 Å². The Morgan fingerprint density at radius 3 is 2.79 bits per heavy atom. The van der Waals surface area contributed by atoms with E-state index in [2.05, 4.69) is 4.98 Å². The molecule has 4 nitrogen and oxygen atoms in total. The largest absolute Gasteiger partial charge is 0.438 e. The minimum absolute atomic E-state index is 0.304. The highest BCUT2D eigenvalue weighted by Gasteiger charge is 2.22. The van der Waals surface area contributed by atoms with Crippen LogP contribution in [0.1, 0.15) is 19.7 Å². The topological polar surface area (TPSA) is 72.3 Å². The molecule has 0 aliphatic heterocycles. The van der Waals surface area contributed by atoms with Crippen molar-refractivity contribution in [2.75, 3.05) is 5.73 Å². The van der Waals surface area contributed by atoms with Gasteiger partial charge < -0.3 is 15.3 Å². The second-order valence-corrected chi connectivity index (χ2v) is 3.81. The molecule has 2 aromatic rings. The number of anilines is 1. The van der Waals surface area contributed by atoms with Crippen LogP contribution in [-0.4, -0.2) is 10.1 Å². The quantitative estimate of drug-likeness (QED) is 0.673. The van der Waals surface area contributed by atoms with E-state index >= 15 is 0 Å². The standard InChI is InChI=1S/C10H12N2O2/c1-10(2,13)9-12-7-5-6(11)3-4-8(7)14-9/h3-5,13H,11H2,1-2H3. The lowest BCUT2D eigenvalue weighted by Gasteiger charge is -2.10. The Bertz CT molecular complexity index is 468. The predicted molar refractivity (Wildman–Crippen MR) is 53.7 cm³/mol. The second kappa shape index (κ2) is 2.72. The monoisotopic (exact) mass is 192 g/mol. The van der Waals surface area contributed by atoms with Gasteiger partial charge in [0.1, 0.15) is 11.1 Å². The van der Waals surface area contributed by atoms with Crippen molar-refractivity contribution in [3.8, 4) is 0 Å². The predicted octanol–water partition coefficient (Wildman–Crippen LogP) is 1.64. The Kier molecular flexibility index (Phi) is 1.75. The summed E-state index contributed by atoms with van der Waals surface area (Å²) in [7, 11) is 0.